The number of piperidine rings is 1. The number of ether oxygens (including phenoxy) is 2. The van der Waals surface area contributed by atoms with Crippen LogP contribution in [-0.2, 0) is 11.3 Å². The molecule has 1 amide bonds. The van der Waals surface area contributed by atoms with Gasteiger partial charge in [-0.3, -0.25) is 4.79 Å². The molecule has 5 heteroatoms. The highest BCUT2D eigenvalue weighted by Gasteiger charge is 2.19. The lowest BCUT2D eigenvalue weighted by Crippen LogP contribution is -2.45. The van der Waals surface area contributed by atoms with Crippen molar-refractivity contribution in [3.63, 3.8) is 0 Å². The van der Waals surface area contributed by atoms with Crippen LogP contribution in [0.4, 0.5) is 0 Å². The van der Waals surface area contributed by atoms with Gasteiger partial charge in [0, 0.05) is 37.5 Å². The molecule has 5 nitrogen and oxygen atoms in total. The van der Waals surface area contributed by atoms with E-state index < -0.39 is 0 Å². The zero-order chi connectivity index (χ0) is 13.8. The van der Waals surface area contributed by atoms with Crippen molar-refractivity contribution in [2.75, 3.05) is 19.8 Å². The minimum Gasteiger partial charge on any atom is -0.490 e. The van der Waals surface area contributed by atoms with Gasteiger partial charge in [-0.25, -0.2) is 0 Å². The number of amides is 1. The second-order valence-electron chi connectivity index (χ2n) is 5.22. The van der Waals surface area contributed by atoms with Gasteiger partial charge in [0.05, 0.1) is 13.2 Å². The van der Waals surface area contributed by atoms with Crippen LogP contribution >= 0.6 is 0 Å². The summed E-state index contributed by atoms with van der Waals surface area (Å²) in [5, 5.41) is 6.36. The highest BCUT2D eigenvalue weighted by Crippen LogP contribution is 2.33. The highest BCUT2D eigenvalue weighted by molar-refractivity contribution is 5.76. The Morgan fingerprint density at radius 3 is 3.05 bits per heavy atom. The first-order chi connectivity index (χ1) is 9.83. The number of hydrogen-bond acceptors (Lipinski definition) is 4. The average Bonchev–Trinajstić information content (AvgIpc) is 2.72. The molecule has 1 aromatic carbocycles. The number of para-hydroxylation sites is 1. The van der Waals surface area contributed by atoms with Crippen LogP contribution in [0.2, 0.25) is 0 Å². The van der Waals surface area contributed by atoms with Gasteiger partial charge in [-0.1, -0.05) is 12.1 Å². The Kier molecular flexibility index (Phi) is 4.06. The standard InChI is InChI=1S/C15H20N2O3/c18-14-6-5-12(10-17-14)16-9-11-3-1-4-13-15(11)20-8-2-7-19-13/h1,3-4,12,16H,2,5-10H2,(H,17,18). The van der Waals surface area contributed by atoms with Crippen molar-refractivity contribution in [1.82, 2.24) is 10.6 Å². The molecule has 0 aromatic heterocycles. The topological polar surface area (TPSA) is 59.6 Å². The van der Waals surface area contributed by atoms with E-state index in [4.69, 9.17) is 9.47 Å². The molecule has 108 valence electrons. The van der Waals surface area contributed by atoms with Crippen LogP contribution in [-0.4, -0.2) is 31.7 Å². The Morgan fingerprint density at radius 1 is 1.30 bits per heavy atom. The molecule has 0 spiro atoms. The summed E-state index contributed by atoms with van der Waals surface area (Å²) in [4.78, 5) is 11.1. The fourth-order valence-electron chi connectivity index (χ4n) is 2.55. The number of nitrogens with one attached hydrogen (secondary N) is 2. The van der Waals surface area contributed by atoms with Crippen LogP contribution in [0, 0.1) is 0 Å². The molecule has 2 aliphatic heterocycles. The smallest absolute Gasteiger partial charge is 0.220 e. The minimum absolute atomic E-state index is 0.147. The van der Waals surface area contributed by atoms with Crippen LogP contribution in [0.15, 0.2) is 18.2 Å². The first-order valence-corrected chi connectivity index (χ1v) is 7.20. The van der Waals surface area contributed by atoms with Gasteiger partial charge >= 0.3 is 0 Å². The number of benzene rings is 1. The summed E-state index contributed by atoms with van der Waals surface area (Å²) in [6, 6.07) is 6.33. The Morgan fingerprint density at radius 2 is 2.20 bits per heavy atom. The molecular weight excluding hydrogens is 256 g/mol. The maximum atomic E-state index is 11.1. The lowest BCUT2D eigenvalue weighted by Gasteiger charge is -2.24. The van der Waals surface area contributed by atoms with Gasteiger partial charge in [0.15, 0.2) is 11.5 Å². The number of carbonyl (C=O) groups is 1. The third-order valence-electron chi connectivity index (χ3n) is 3.70. The Bertz CT molecular complexity index is 480. The van der Waals surface area contributed by atoms with Crippen molar-refractivity contribution >= 4 is 5.91 Å². The van der Waals surface area contributed by atoms with Crippen LogP contribution in [0.3, 0.4) is 0 Å². The van der Waals surface area contributed by atoms with Gasteiger partial charge in [-0.15, -0.1) is 0 Å². The van der Waals surface area contributed by atoms with Crippen LogP contribution in [0.25, 0.3) is 0 Å². The molecule has 0 aliphatic carbocycles. The van der Waals surface area contributed by atoms with E-state index in [1.807, 2.05) is 12.1 Å². The molecule has 1 aromatic rings. The third-order valence-corrected chi connectivity index (χ3v) is 3.70. The third kappa shape index (κ3) is 3.04. The molecule has 3 rings (SSSR count). The zero-order valence-corrected chi connectivity index (χ0v) is 11.5. The summed E-state index contributed by atoms with van der Waals surface area (Å²) in [5.74, 6) is 1.84. The van der Waals surface area contributed by atoms with Crippen molar-refractivity contribution in [3.05, 3.63) is 23.8 Å². The second-order valence-corrected chi connectivity index (χ2v) is 5.22. The fourth-order valence-corrected chi connectivity index (χ4v) is 2.55. The Balaban J connectivity index is 1.64. The van der Waals surface area contributed by atoms with E-state index in [2.05, 4.69) is 16.7 Å². The summed E-state index contributed by atoms with van der Waals surface area (Å²) in [6.45, 7) is 2.83. The number of carbonyl (C=O) groups excluding carboxylic acids is 1. The number of hydrogen-bond donors (Lipinski definition) is 2. The molecule has 2 N–H and O–H groups in total. The zero-order valence-electron chi connectivity index (χ0n) is 11.5. The van der Waals surface area contributed by atoms with Gasteiger partial charge in [-0.05, 0) is 12.5 Å². The van der Waals surface area contributed by atoms with Crippen LogP contribution < -0.4 is 20.1 Å². The van der Waals surface area contributed by atoms with Gasteiger partial charge in [0.25, 0.3) is 0 Å². The molecule has 1 atom stereocenters. The normalized spacial score (nSPS) is 22.0. The lowest BCUT2D eigenvalue weighted by atomic mass is 10.1. The predicted octanol–water partition coefficient (Wildman–Crippen LogP) is 1.22. The molecular formula is C15H20N2O3. The van der Waals surface area contributed by atoms with E-state index in [0.29, 0.717) is 32.2 Å². The maximum absolute atomic E-state index is 11.1. The maximum Gasteiger partial charge on any atom is 0.220 e. The van der Waals surface area contributed by atoms with Gasteiger partial charge in [0.2, 0.25) is 5.91 Å². The molecule has 0 saturated carbocycles. The van der Waals surface area contributed by atoms with E-state index in [9.17, 15) is 4.79 Å². The van der Waals surface area contributed by atoms with E-state index >= 15 is 0 Å². The molecule has 1 saturated heterocycles. The second kappa shape index (κ2) is 6.13. The van der Waals surface area contributed by atoms with E-state index in [1.54, 1.807) is 0 Å². The molecule has 20 heavy (non-hydrogen) atoms. The van der Waals surface area contributed by atoms with Crippen molar-refractivity contribution in [1.29, 1.82) is 0 Å². The van der Waals surface area contributed by atoms with Crippen molar-refractivity contribution < 1.29 is 14.3 Å². The molecule has 1 unspecified atom stereocenters. The first kappa shape index (κ1) is 13.2. The molecule has 0 radical (unpaired) electrons. The Hall–Kier alpha value is -1.75. The molecule has 0 bridgehead atoms. The predicted molar refractivity (Wildman–Crippen MR) is 74.9 cm³/mol. The number of fused-ring (bicyclic) bond motifs is 1. The summed E-state index contributed by atoms with van der Waals surface area (Å²) >= 11 is 0. The van der Waals surface area contributed by atoms with Crippen molar-refractivity contribution in [2.24, 2.45) is 0 Å². The van der Waals surface area contributed by atoms with Gasteiger partial charge < -0.3 is 20.1 Å². The summed E-state index contributed by atoms with van der Waals surface area (Å²) in [7, 11) is 0. The minimum atomic E-state index is 0.147. The summed E-state index contributed by atoms with van der Waals surface area (Å²) in [6.07, 6.45) is 2.40. The largest absolute Gasteiger partial charge is 0.490 e. The van der Waals surface area contributed by atoms with Gasteiger partial charge in [0.1, 0.15) is 0 Å². The summed E-state index contributed by atoms with van der Waals surface area (Å²) in [5.41, 5.74) is 1.11. The summed E-state index contributed by atoms with van der Waals surface area (Å²) < 4.78 is 11.5. The van der Waals surface area contributed by atoms with Gasteiger partial charge in [-0.2, -0.15) is 0 Å². The first-order valence-electron chi connectivity index (χ1n) is 7.20. The van der Waals surface area contributed by atoms with Crippen LogP contribution in [0.1, 0.15) is 24.8 Å². The van der Waals surface area contributed by atoms with E-state index in [-0.39, 0.29) is 5.91 Å². The fraction of sp³-hybridized carbons (Fsp3) is 0.533. The quantitative estimate of drug-likeness (QED) is 0.871. The highest BCUT2D eigenvalue weighted by atomic mass is 16.5. The van der Waals surface area contributed by atoms with Crippen molar-refractivity contribution in [3.8, 4) is 11.5 Å². The molecule has 1 fully saturated rings. The monoisotopic (exact) mass is 276 g/mol. The average molecular weight is 276 g/mol. The van der Waals surface area contributed by atoms with Crippen LogP contribution in [0.5, 0.6) is 11.5 Å². The SMILES string of the molecule is O=C1CCC(NCc2cccc3c2OCCCO3)CN1. The van der Waals surface area contributed by atoms with E-state index in [0.717, 1.165) is 36.4 Å². The van der Waals surface area contributed by atoms with Crippen molar-refractivity contribution in [2.45, 2.75) is 31.8 Å². The molecule has 2 aliphatic rings. The molecule has 2 heterocycles. The number of rotatable bonds is 3. The Labute approximate surface area is 118 Å². The lowest BCUT2D eigenvalue weighted by molar-refractivity contribution is -0.122. The van der Waals surface area contributed by atoms with E-state index in [1.165, 1.54) is 0 Å².